The number of fused-ring (bicyclic) bond motifs is 2. The van der Waals surface area contributed by atoms with Gasteiger partial charge in [-0.1, -0.05) is 35.4 Å². The third-order valence-electron chi connectivity index (χ3n) is 5.54. The summed E-state index contributed by atoms with van der Waals surface area (Å²) in [5, 5.41) is 22.3. The fourth-order valence-corrected chi connectivity index (χ4v) is 5.36. The lowest BCUT2D eigenvalue weighted by Gasteiger charge is -2.29. The van der Waals surface area contributed by atoms with Crippen molar-refractivity contribution in [2.45, 2.75) is 13.0 Å². The van der Waals surface area contributed by atoms with Crippen molar-refractivity contribution in [2.75, 3.05) is 7.11 Å². The van der Waals surface area contributed by atoms with Gasteiger partial charge in [0.15, 0.2) is 0 Å². The van der Waals surface area contributed by atoms with E-state index in [0.29, 0.717) is 11.7 Å². The fourth-order valence-electron chi connectivity index (χ4n) is 4.12. The summed E-state index contributed by atoms with van der Waals surface area (Å²) in [4.78, 5) is 29.7. The maximum absolute atomic E-state index is 12.9. The number of methoxy groups -OCH3 is 1. The van der Waals surface area contributed by atoms with Gasteiger partial charge in [-0.25, -0.2) is 14.5 Å². The Morgan fingerprint density at radius 2 is 1.97 bits per heavy atom. The molecule has 1 aliphatic rings. The Hall–Kier alpha value is -3.92. The average Bonchev–Trinajstić information content (AvgIpc) is 3.42. The molecule has 1 N–H and O–H groups in total. The molecule has 0 saturated heterocycles. The number of nitrogens with zero attached hydrogens (tertiary/aromatic N) is 5. The Kier molecular flexibility index (Phi) is 4.78. The standard InChI is InChI=1S/C22H17N5O4S/c1-11-16(21(30)31-2)18(27-22(23-11)24-25-26-27)17-14-8-3-4-9-15(14)32-19(17)12-6-5-7-13(10-12)20(28)29/h3-10,16,18H,1-2H3,(H,28,29). The van der Waals surface area contributed by atoms with E-state index in [1.54, 1.807) is 25.1 Å². The number of aromatic nitrogens is 4. The molecule has 0 bridgehead atoms. The third kappa shape index (κ3) is 3.07. The van der Waals surface area contributed by atoms with E-state index in [9.17, 15) is 14.7 Å². The molecule has 10 heteroatoms. The first-order valence-electron chi connectivity index (χ1n) is 9.75. The van der Waals surface area contributed by atoms with Gasteiger partial charge < -0.3 is 9.84 Å². The molecule has 3 heterocycles. The Morgan fingerprint density at radius 3 is 2.75 bits per heavy atom. The first-order chi connectivity index (χ1) is 15.5. The summed E-state index contributed by atoms with van der Waals surface area (Å²) in [6, 6.07) is 14.0. The van der Waals surface area contributed by atoms with Crippen molar-refractivity contribution < 1.29 is 19.4 Å². The van der Waals surface area contributed by atoms with Crippen molar-refractivity contribution in [3.05, 3.63) is 59.7 Å². The lowest BCUT2D eigenvalue weighted by Crippen LogP contribution is -2.36. The van der Waals surface area contributed by atoms with Crippen LogP contribution in [0, 0.1) is 5.92 Å². The van der Waals surface area contributed by atoms with Gasteiger partial charge in [0.1, 0.15) is 12.0 Å². The lowest BCUT2D eigenvalue weighted by molar-refractivity contribution is -0.144. The smallest absolute Gasteiger partial charge is 0.335 e. The Bertz CT molecular complexity index is 1410. The van der Waals surface area contributed by atoms with Crippen LogP contribution in [-0.2, 0) is 9.53 Å². The Labute approximate surface area is 186 Å². The van der Waals surface area contributed by atoms with Gasteiger partial charge in [-0.15, -0.1) is 11.3 Å². The van der Waals surface area contributed by atoms with Gasteiger partial charge in [0.25, 0.3) is 5.95 Å². The number of thiophene rings is 1. The van der Waals surface area contributed by atoms with Gasteiger partial charge in [0.2, 0.25) is 0 Å². The highest BCUT2D eigenvalue weighted by molar-refractivity contribution is 7.22. The molecular weight excluding hydrogens is 430 g/mol. The largest absolute Gasteiger partial charge is 0.478 e. The second-order valence-electron chi connectivity index (χ2n) is 7.35. The van der Waals surface area contributed by atoms with Crippen LogP contribution in [0.3, 0.4) is 0 Å². The molecule has 0 aliphatic carbocycles. The molecule has 0 spiro atoms. The molecule has 32 heavy (non-hydrogen) atoms. The Morgan fingerprint density at radius 1 is 1.16 bits per heavy atom. The number of esters is 1. The summed E-state index contributed by atoms with van der Waals surface area (Å²) in [5.74, 6) is -1.90. The zero-order chi connectivity index (χ0) is 22.4. The van der Waals surface area contributed by atoms with Crippen LogP contribution in [0.2, 0.25) is 0 Å². The number of carboxylic acids is 1. The summed E-state index contributed by atoms with van der Waals surface area (Å²) >= 11 is 1.52. The van der Waals surface area contributed by atoms with Gasteiger partial charge in [-0.05, 0) is 46.5 Å². The topological polar surface area (TPSA) is 120 Å². The summed E-state index contributed by atoms with van der Waals surface area (Å²) in [6.07, 6.45) is 0. The number of aromatic carboxylic acids is 1. The van der Waals surface area contributed by atoms with Gasteiger partial charge >= 0.3 is 11.9 Å². The van der Waals surface area contributed by atoms with E-state index in [0.717, 1.165) is 26.1 Å². The van der Waals surface area contributed by atoms with Crippen molar-refractivity contribution in [1.29, 1.82) is 0 Å². The highest BCUT2D eigenvalue weighted by Gasteiger charge is 2.42. The van der Waals surface area contributed by atoms with Crippen LogP contribution in [0.1, 0.15) is 28.9 Å². The number of tetrazole rings is 1. The monoisotopic (exact) mass is 447 g/mol. The highest BCUT2D eigenvalue weighted by atomic mass is 32.1. The minimum Gasteiger partial charge on any atom is -0.478 e. The van der Waals surface area contributed by atoms with Crippen LogP contribution in [0.5, 0.6) is 0 Å². The van der Waals surface area contributed by atoms with Crippen LogP contribution in [-0.4, -0.2) is 50.1 Å². The summed E-state index contributed by atoms with van der Waals surface area (Å²) in [6.45, 7) is 1.76. The number of aliphatic imine (C=N–C) groups is 1. The van der Waals surface area contributed by atoms with Crippen LogP contribution in [0.25, 0.3) is 20.5 Å². The van der Waals surface area contributed by atoms with Gasteiger partial charge in [0.05, 0.1) is 12.7 Å². The molecule has 2 aromatic carbocycles. The zero-order valence-corrected chi connectivity index (χ0v) is 17.9. The number of benzene rings is 2. The third-order valence-corrected chi connectivity index (χ3v) is 6.77. The van der Waals surface area contributed by atoms with Crippen molar-refractivity contribution in [1.82, 2.24) is 20.2 Å². The van der Waals surface area contributed by atoms with E-state index in [-0.39, 0.29) is 5.56 Å². The van der Waals surface area contributed by atoms with Gasteiger partial charge in [0, 0.05) is 20.9 Å². The van der Waals surface area contributed by atoms with Crippen molar-refractivity contribution in [2.24, 2.45) is 10.9 Å². The molecule has 2 unspecified atom stereocenters. The summed E-state index contributed by atoms with van der Waals surface area (Å²) in [7, 11) is 1.34. The predicted octanol–water partition coefficient (Wildman–Crippen LogP) is 3.74. The van der Waals surface area contributed by atoms with Crippen LogP contribution >= 0.6 is 11.3 Å². The SMILES string of the molecule is COC(=O)C1C(C)=Nc2nnnn2C1c1c(-c2cccc(C(=O)O)c2)sc2ccccc12. The van der Waals surface area contributed by atoms with E-state index in [4.69, 9.17) is 4.74 Å². The zero-order valence-electron chi connectivity index (χ0n) is 17.1. The normalized spacial score (nSPS) is 17.6. The molecule has 2 atom stereocenters. The van der Waals surface area contributed by atoms with E-state index < -0.39 is 23.9 Å². The number of rotatable bonds is 4. The fraction of sp³-hybridized carbons (Fsp3) is 0.182. The average molecular weight is 447 g/mol. The summed E-state index contributed by atoms with van der Waals surface area (Å²) < 4.78 is 7.64. The van der Waals surface area contributed by atoms with Crippen LogP contribution in [0.4, 0.5) is 5.95 Å². The molecular formula is C22H17N5O4S. The minimum atomic E-state index is -1.01. The molecule has 0 radical (unpaired) electrons. The number of carboxylic acid groups (broad SMARTS) is 1. The van der Waals surface area contributed by atoms with E-state index in [2.05, 4.69) is 20.5 Å². The van der Waals surface area contributed by atoms with E-state index >= 15 is 0 Å². The van der Waals surface area contributed by atoms with Crippen molar-refractivity contribution in [3.8, 4) is 10.4 Å². The van der Waals surface area contributed by atoms with Crippen molar-refractivity contribution >= 4 is 45.0 Å². The lowest BCUT2D eigenvalue weighted by atomic mass is 9.86. The number of hydrogen-bond acceptors (Lipinski definition) is 8. The van der Waals surface area contributed by atoms with Crippen molar-refractivity contribution in [3.63, 3.8) is 0 Å². The molecule has 1 aliphatic heterocycles. The number of ether oxygens (including phenoxy) is 1. The van der Waals surface area contributed by atoms with Gasteiger partial charge in [-0.2, -0.15) is 0 Å². The maximum Gasteiger partial charge on any atom is 0.335 e. The highest BCUT2D eigenvalue weighted by Crippen LogP contribution is 2.47. The minimum absolute atomic E-state index is 0.180. The number of hydrogen-bond donors (Lipinski definition) is 1. The van der Waals surface area contributed by atoms with E-state index in [1.807, 2.05) is 30.3 Å². The van der Waals surface area contributed by atoms with Gasteiger partial charge in [-0.3, -0.25) is 4.79 Å². The Balaban J connectivity index is 1.83. The molecule has 0 saturated carbocycles. The molecule has 2 aromatic heterocycles. The molecule has 4 aromatic rings. The second kappa shape index (κ2) is 7.65. The first-order valence-corrected chi connectivity index (χ1v) is 10.6. The van der Waals surface area contributed by atoms with E-state index in [1.165, 1.54) is 23.1 Å². The molecule has 0 amide bonds. The van der Waals surface area contributed by atoms with Crippen LogP contribution < -0.4 is 0 Å². The van der Waals surface area contributed by atoms with Crippen LogP contribution in [0.15, 0.2) is 53.5 Å². The number of carbonyl (C=O) groups is 2. The molecule has 160 valence electrons. The second-order valence-corrected chi connectivity index (χ2v) is 8.40. The maximum atomic E-state index is 12.9. The molecule has 9 nitrogen and oxygen atoms in total. The first kappa shape index (κ1) is 20.0. The summed E-state index contributed by atoms with van der Waals surface area (Å²) in [5.41, 5.74) is 2.29. The quantitative estimate of drug-likeness (QED) is 0.473. The number of carbonyl (C=O) groups excluding carboxylic acids is 1. The molecule has 5 rings (SSSR count). The predicted molar refractivity (Wildman–Crippen MR) is 118 cm³/mol. The molecule has 0 fully saturated rings.